The first-order valence-electron chi connectivity index (χ1n) is 8.01. The van der Waals surface area contributed by atoms with Crippen LogP contribution in [0.2, 0.25) is 0 Å². The number of aliphatic hydroxyl groups excluding tert-OH is 1. The normalized spacial score (nSPS) is 19.2. The molecule has 0 radical (unpaired) electrons. The number of carbonyl (C=O) groups is 1. The maximum absolute atomic E-state index is 12.5. The predicted octanol–water partition coefficient (Wildman–Crippen LogP) is 2.96. The van der Waals surface area contributed by atoms with E-state index in [-0.39, 0.29) is 12.1 Å². The number of rotatable bonds is 2. The van der Waals surface area contributed by atoms with Crippen LogP contribution in [0, 0.1) is 0 Å². The molecule has 3 N–H and O–H groups in total. The molecular weight excluding hydrogens is 302 g/mol. The molecule has 5 heteroatoms. The van der Waals surface area contributed by atoms with Gasteiger partial charge >= 0.3 is 6.03 Å². The first-order valence-corrected chi connectivity index (χ1v) is 8.01. The van der Waals surface area contributed by atoms with Gasteiger partial charge in [0.2, 0.25) is 0 Å². The van der Waals surface area contributed by atoms with Crippen molar-refractivity contribution in [2.45, 2.75) is 18.6 Å². The van der Waals surface area contributed by atoms with Crippen LogP contribution in [0.25, 0.3) is 10.9 Å². The summed E-state index contributed by atoms with van der Waals surface area (Å²) in [7, 11) is 1.95. The van der Waals surface area contributed by atoms with Gasteiger partial charge in [0.25, 0.3) is 0 Å². The first kappa shape index (κ1) is 14.8. The van der Waals surface area contributed by atoms with Crippen molar-refractivity contribution in [3.63, 3.8) is 0 Å². The number of benzene rings is 2. The molecular formula is C19H19N3O2. The van der Waals surface area contributed by atoms with Crippen LogP contribution in [-0.2, 0) is 13.5 Å². The summed E-state index contributed by atoms with van der Waals surface area (Å²) in [5.41, 5.74) is 3.79. The third-order valence-electron chi connectivity index (χ3n) is 4.64. The minimum Gasteiger partial charge on any atom is -0.390 e. The number of nitrogens with zero attached hydrogens (tertiary/aromatic N) is 1. The van der Waals surface area contributed by atoms with Crippen molar-refractivity contribution in [1.82, 2.24) is 9.88 Å². The first-order chi connectivity index (χ1) is 11.6. The van der Waals surface area contributed by atoms with E-state index in [9.17, 15) is 9.90 Å². The molecule has 0 saturated heterocycles. The van der Waals surface area contributed by atoms with E-state index in [1.54, 1.807) is 0 Å². The Labute approximate surface area is 139 Å². The van der Waals surface area contributed by atoms with E-state index in [0.717, 1.165) is 27.7 Å². The summed E-state index contributed by atoms with van der Waals surface area (Å²) in [6.45, 7) is 0. The Morgan fingerprint density at radius 2 is 2.00 bits per heavy atom. The SMILES string of the molecule is Cn1ccc2cccc(NC(=O)N[C@H]3c4ccccc4C[C@H]3O)c21. The van der Waals surface area contributed by atoms with E-state index in [1.807, 2.05) is 66.3 Å². The molecule has 0 saturated carbocycles. The van der Waals surface area contributed by atoms with Crippen molar-refractivity contribution in [3.8, 4) is 0 Å². The van der Waals surface area contributed by atoms with Crippen LogP contribution in [0.3, 0.4) is 0 Å². The summed E-state index contributed by atoms with van der Waals surface area (Å²) in [6.07, 6.45) is 1.93. The van der Waals surface area contributed by atoms with Crippen LogP contribution < -0.4 is 10.6 Å². The predicted molar refractivity (Wildman–Crippen MR) is 94.0 cm³/mol. The van der Waals surface area contributed by atoms with Crippen molar-refractivity contribution < 1.29 is 9.90 Å². The lowest BCUT2D eigenvalue weighted by Gasteiger charge is -2.19. The highest BCUT2D eigenvalue weighted by Gasteiger charge is 2.31. The van der Waals surface area contributed by atoms with Crippen molar-refractivity contribution in [3.05, 3.63) is 65.9 Å². The lowest BCUT2D eigenvalue weighted by Crippen LogP contribution is -2.36. The van der Waals surface area contributed by atoms with Gasteiger partial charge in [0, 0.05) is 25.1 Å². The molecule has 1 aliphatic rings. The van der Waals surface area contributed by atoms with Gasteiger partial charge in [-0.2, -0.15) is 0 Å². The van der Waals surface area contributed by atoms with Crippen LogP contribution in [0.15, 0.2) is 54.7 Å². The van der Waals surface area contributed by atoms with Gasteiger partial charge < -0.3 is 20.3 Å². The standard InChI is InChI=1S/C19H19N3O2/c1-22-10-9-12-6-4-8-15(18(12)22)20-19(24)21-17-14-7-3-2-5-13(14)11-16(17)23/h2-10,16-17,23H,11H2,1H3,(H2,20,21,24)/t16-,17+/m1/s1. The molecule has 0 fully saturated rings. The summed E-state index contributed by atoms with van der Waals surface area (Å²) in [6, 6.07) is 14.9. The van der Waals surface area contributed by atoms with Crippen molar-refractivity contribution >= 4 is 22.6 Å². The molecule has 0 aliphatic heterocycles. The monoisotopic (exact) mass is 321 g/mol. The van der Waals surface area contributed by atoms with Gasteiger partial charge in [-0.15, -0.1) is 0 Å². The summed E-state index contributed by atoms with van der Waals surface area (Å²) >= 11 is 0. The maximum Gasteiger partial charge on any atom is 0.319 e. The molecule has 0 unspecified atom stereocenters. The van der Waals surface area contributed by atoms with Crippen LogP contribution >= 0.6 is 0 Å². The number of anilines is 1. The van der Waals surface area contributed by atoms with E-state index in [1.165, 1.54) is 0 Å². The Bertz CT molecular complexity index is 916. The number of para-hydroxylation sites is 1. The lowest BCUT2D eigenvalue weighted by atomic mass is 10.1. The maximum atomic E-state index is 12.5. The highest BCUT2D eigenvalue weighted by atomic mass is 16.3. The van der Waals surface area contributed by atoms with Crippen LogP contribution in [0.4, 0.5) is 10.5 Å². The molecule has 24 heavy (non-hydrogen) atoms. The highest BCUT2D eigenvalue weighted by Crippen LogP contribution is 2.31. The van der Waals surface area contributed by atoms with Crippen molar-refractivity contribution in [1.29, 1.82) is 0 Å². The summed E-state index contributed by atoms with van der Waals surface area (Å²) in [5.74, 6) is 0. The fourth-order valence-electron chi connectivity index (χ4n) is 3.50. The number of aryl methyl sites for hydroxylation is 1. The van der Waals surface area contributed by atoms with E-state index < -0.39 is 6.10 Å². The minimum absolute atomic E-state index is 0.315. The van der Waals surface area contributed by atoms with Crippen molar-refractivity contribution in [2.24, 2.45) is 7.05 Å². The molecule has 2 aromatic carbocycles. The Morgan fingerprint density at radius 3 is 2.88 bits per heavy atom. The Balaban J connectivity index is 1.56. The van der Waals surface area contributed by atoms with Gasteiger partial charge in [0.05, 0.1) is 23.3 Å². The topological polar surface area (TPSA) is 66.3 Å². The zero-order chi connectivity index (χ0) is 16.7. The summed E-state index contributed by atoms with van der Waals surface area (Å²) in [4.78, 5) is 12.5. The number of nitrogens with one attached hydrogen (secondary N) is 2. The third-order valence-corrected chi connectivity index (χ3v) is 4.64. The van der Waals surface area contributed by atoms with Crippen molar-refractivity contribution in [2.75, 3.05) is 5.32 Å². The number of aliphatic hydroxyl groups is 1. The van der Waals surface area contributed by atoms with Gasteiger partial charge in [0.15, 0.2) is 0 Å². The zero-order valence-electron chi connectivity index (χ0n) is 13.4. The van der Waals surface area contributed by atoms with E-state index in [0.29, 0.717) is 6.42 Å². The second kappa shape index (κ2) is 5.69. The number of carbonyl (C=O) groups excluding carboxylic acids is 1. The average Bonchev–Trinajstić information content (AvgIpc) is 3.09. The molecule has 0 bridgehead atoms. The lowest BCUT2D eigenvalue weighted by molar-refractivity contribution is 0.144. The second-order valence-corrected chi connectivity index (χ2v) is 6.22. The van der Waals surface area contributed by atoms with E-state index >= 15 is 0 Å². The van der Waals surface area contributed by atoms with Gasteiger partial charge in [-0.3, -0.25) is 0 Å². The Morgan fingerprint density at radius 1 is 1.17 bits per heavy atom. The van der Waals surface area contributed by atoms with Crippen LogP contribution in [-0.4, -0.2) is 21.8 Å². The number of fused-ring (bicyclic) bond motifs is 2. The molecule has 2 amide bonds. The quantitative estimate of drug-likeness (QED) is 0.679. The summed E-state index contributed by atoms with van der Waals surface area (Å²) < 4.78 is 1.98. The Hall–Kier alpha value is -2.79. The molecule has 3 aromatic rings. The largest absolute Gasteiger partial charge is 0.390 e. The fourth-order valence-corrected chi connectivity index (χ4v) is 3.50. The minimum atomic E-state index is -0.598. The number of urea groups is 1. The van der Waals surface area contributed by atoms with Gasteiger partial charge in [-0.1, -0.05) is 36.4 Å². The molecule has 1 aliphatic carbocycles. The summed E-state index contributed by atoms with van der Waals surface area (Å²) in [5, 5.41) is 17.1. The molecule has 2 atom stereocenters. The van der Waals surface area contributed by atoms with Gasteiger partial charge in [0.1, 0.15) is 0 Å². The van der Waals surface area contributed by atoms with E-state index in [2.05, 4.69) is 10.6 Å². The molecule has 0 spiro atoms. The molecule has 5 nitrogen and oxygen atoms in total. The van der Waals surface area contributed by atoms with Gasteiger partial charge in [-0.25, -0.2) is 4.79 Å². The van der Waals surface area contributed by atoms with Crippen LogP contribution in [0.1, 0.15) is 17.2 Å². The Kier molecular flexibility index (Phi) is 3.50. The third kappa shape index (κ3) is 2.43. The average molecular weight is 321 g/mol. The zero-order valence-corrected chi connectivity index (χ0v) is 13.4. The number of aromatic nitrogens is 1. The molecule has 4 rings (SSSR count). The van der Waals surface area contributed by atoms with E-state index in [4.69, 9.17) is 0 Å². The highest BCUT2D eigenvalue weighted by molar-refractivity contribution is 6.00. The molecule has 122 valence electrons. The number of hydrogen-bond acceptors (Lipinski definition) is 2. The van der Waals surface area contributed by atoms with Gasteiger partial charge in [-0.05, 0) is 23.3 Å². The van der Waals surface area contributed by atoms with Crippen LogP contribution in [0.5, 0.6) is 0 Å². The smallest absolute Gasteiger partial charge is 0.319 e. The number of amides is 2. The second-order valence-electron chi connectivity index (χ2n) is 6.22. The fraction of sp³-hybridized carbons (Fsp3) is 0.211. The molecule has 1 heterocycles. The molecule has 1 aromatic heterocycles. The number of hydrogen-bond donors (Lipinski definition) is 3.